The second-order valence-electron chi connectivity index (χ2n) is 26.8. The number of nitrogens with zero attached hydrogens (tertiary/aromatic N) is 6. The molecule has 10 aromatic carbocycles. The number of rotatable bonds is 17. The van der Waals surface area contributed by atoms with E-state index in [4.69, 9.17) is 0 Å². The molecule has 538 valence electrons. The normalized spacial score (nSPS) is 15.3. The van der Waals surface area contributed by atoms with Crippen molar-refractivity contribution in [3.63, 3.8) is 0 Å². The molecule has 0 unspecified atom stereocenters. The van der Waals surface area contributed by atoms with Gasteiger partial charge in [-0.05, 0) is 167 Å². The molecule has 0 aliphatic carbocycles. The maximum Gasteiger partial charge on any atom is 0.261 e. The molecule has 110 heavy (non-hydrogen) atoms. The van der Waals surface area contributed by atoms with Gasteiger partial charge in [0.25, 0.3) is 70.9 Å². The molecule has 0 N–H and O–H groups in total. The number of hydrogen-bond acceptors (Lipinski definition) is 12. The fourth-order valence-corrected chi connectivity index (χ4v) is 14.1. The average Bonchev–Trinajstić information content (AvgIpc) is 0.884. The second-order valence-corrected chi connectivity index (χ2v) is 26.8. The fourth-order valence-electron chi connectivity index (χ4n) is 14.1. The maximum absolute atomic E-state index is 12.5. The lowest BCUT2D eigenvalue weighted by Crippen LogP contribution is -2.30. The molecular weight excluding hydrogens is 1380 g/mol. The minimum Gasteiger partial charge on any atom is -0.269 e. The molecule has 10 aromatic rings. The van der Waals surface area contributed by atoms with E-state index in [0.29, 0.717) is 45.3 Å². The molecule has 18 heteroatoms. The predicted molar refractivity (Wildman–Crippen MR) is 419 cm³/mol. The second kappa shape index (κ2) is 30.9. The first-order valence-corrected chi connectivity index (χ1v) is 35.5. The monoisotopic (exact) mass is 1450 g/mol. The Balaban J connectivity index is 0.000000138. The summed E-state index contributed by atoms with van der Waals surface area (Å²) in [5.74, 6) is -4.63. The summed E-state index contributed by atoms with van der Waals surface area (Å²) in [4.78, 5) is 153. The number of carbonyl (C=O) groups is 12. The zero-order valence-electron chi connectivity index (χ0n) is 60.0. The summed E-state index contributed by atoms with van der Waals surface area (Å²) in [6.45, 7) is 7.40. The molecule has 16 rings (SSSR count). The van der Waals surface area contributed by atoms with Crippen LogP contribution in [0, 0.1) is 6.92 Å². The minimum absolute atomic E-state index is 0.129. The van der Waals surface area contributed by atoms with Crippen LogP contribution in [0.1, 0.15) is 99.7 Å². The lowest BCUT2D eigenvalue weighted by Gasteiger charge is -2.22. The molecular formula is C92H68N6O12. The number of hydrogen-bond donors (Lipinski definition) is 0. The van der Waals surface area contributed by atoms with Gasteiger partial charge in [-0.2, -0.15) is 0 Å². The molecule has 6 aliphatic heterocycles. The van der Waals surface area contributed by atoms with E-state index >= 15 is 0 Å². The Labute approximate surface area is 633 Å². The Morgan fingerprint density at radius 3 is 0.664 bits per heavy atom. The molecule has 0 saturated carbocycles. The van der Waals surface area contributed by atoms with E-state index in [1.165, 1.54) is 76.1 Å². The lowest BCUT2D eigenvalue weighted by atomic mass is 9.84. The van der Waals surface area contributed by atoms with Crippen molar-refractivity contribution in [3.05, 3.63) is 382 Å². The Morgan fingerprint density at radius 1 is 0.227 bits per heavy atom. The first-order chi connectivity index (χ1) is 53.2. The highest BCUT2D eigenvalue weighted by atomic mass is 16.2. The van der Waals surface area contributed by atoms with E-state index in [1.54, 1.807) is 86.6 Å². The van der Waals surface area contributed by atoms with Crippen LogP contribution in [0.15, 0.2) is 321 Å². The van der Waals surface area contributed by atoms with Crippen LogP contribution in [0.25, 0.3) is 11.1 Å². The summed E-state index contributed by atoms with van der Waals surface area (Å²) in [6, 6.07) is 79.4. The van der Waals surface area contributed by atoms with Crippen molar-refractivity contribution >= 4 is 105 Å². The third kappa shape index (κ3) is 14.7. The van der Waals surface area contributed by atoms with Crippen molar-refractivity contribution < 1.29 is 57.5 Å². The zero-order valence-corrected chi connectivity index (χ0v) is 60.0. The van der Waals surface area contributed by atoms with Gasteiger partial charge in [-0.1, -0.05) is 188 Å². The van der Waals surface area contributed by atoms with Crippen LogP contribution < -0.4 is 29.4 Å². The van der Waals surface area contributed by atoms with Gasteiger partial charge in [-0.3, -0.25) is 57.5 Å². The first-order valence-electron chi connectivity index (χ1n) is 35.5. The summed E-state index contributed by atoms with van der Waals surface area (Å²) in [5.41, 5.74) is 17.5. The third-order valence-corrected chi connectivity index (χ3v) is 19.8. The number of aryl methyl sites for hydroxylation is 2. The van der Waals surface area contributed by atoms with E-state index in [9.17, 15) is 57.5 Å². The van der Waals surface area contributed by atoms with E-state index in [0.717, 1.165) is 92.8 Å². The molecule has 18 nitrogen and oxygen atoms in total. The highest BCUT2D eigenvalue weighted by Crippen LogP contribution is 2.40. The quantitative estimate of drug-likeness (QED) is 0.0613. The number of amides is 12. The summed E-state index contributed by atoms with van der Waals surface area (Å²) >= 11 is 0. The van der Waals surface area contributed by atoms with Crippen LogP contribution in [-0.4, -0.2) is 70.9 Å². The molecule has 12 amide bonds. The highest BCUT2D eigenvalue weighted by Gasteiger charge is 2.34. The Bertz CT molecular complexity index is 5270. The van der Waals surface area contributed by atoms with Gasteiger partial charge in [0.15, 0.2) is 0 Å². The van der Waals surface area contributed by atoms with Crippen LogP contribution in [0.4, 0.5) is 34.1 Å². The maximum atomic E-state index is 12.5. The van der Waals surface area contributed by atoms with Gasteiger partial charge in [-0.15, -0.1) is 0 Å². The minimum atomic E-state index is -0.357. The number of anilines is 6. The Kier molecular flexibility index (Phi) is 20.3. The van der Waals surface area contributed by atoms with Crippen LogP contribution in [0.3, 0.4) is 0 Å². The van der Waals surface area contributed by atoms with Crippen LogP contribution in [0.5, 0.6) is 0 Å². The Morgan fingerprint density at radius 2 is 0.436 bits per heavy atom. The van der Waals surface area contributed by atoms with Crippen molar-refractivity contribution in [1.82, 2.24) is 0 Å². The molecule has 0 bridgehead atoms. The van der Waals surface area contributed by atoms with Crippen molar-refractivity contribution in [2.75, 3.05) is 29.4 Å². The van der Waals surface area contributed by atoms with Gasteiger partial charge in [0.1, 0.15) is 0 Å². The van der Waals surface area contributed by atoms with Crippen molar-refractivity contribution in [2.45, 2.75) is 51.9 Å². The van der Waals surface area contributed by atoms with Crippen LogP contribution in [0.2, 0.25) is 0 Å². The molecule has 0 atom stereocenters. The molecule has 0 aromatic heterocycles. The van der Waals surface area contributed by atoms with Gasteiger partial charge in [0.2, 0.25) is 0 Å². The van der Waals surface area contributed by atoms with Gasteiger partial charge < -0.3 is 0 Å². The molecule has 0 saturated heterocycles. The molecule has 6 aliphatic rings. The SMILES string of the molecule is CC1=CC(=O)N(c2ccc(C(c3ccc(-c4ccccc4)cc3)c3ccc(N4C(=O)C=C(C)C4=O)cc3)cc2)C1=O.CCc1ccc(C(c2ccc(N3C(=O)C=CC3=O)cc2)c2ccc(N3C(=O)C=CC3=O)cc2)cc1.Cc1ccc(C(c2ccc(N3C(=O)C=CC3=O)cc2)c2ccc(N3C(=O)C=CC3=O)cc2)cc1. The zero-order chi connectivity index (χ0) is 77.0. The van der Waals surface area contributed by atoms with E-state index < -0.39 is 0 Å². The van der Waals surface area contributed by atoms with Gasteiger partial charge in [0.05, 0.1) is 34.1 Å². The summed E-state index contributed by atoms with van der Waals surface area (Å²) in [6.07, 6.45) is 13.7. The summed E-state index contributed by atoms with van der Waals surface area (Å²) < 4.78 is 0. The summed E-state index contributed by atoms with van der Waals surface area (Å²) in [5, 5.41) is 0. The van der Waals surface area contributed by atoms with Crippen molar-refractivity contribution in [2.24, 2.45) is 0 Å². The van der Waals surface area contributed by atoms with Gasteiger partial charge in [0, 0.05) is 89.7 Å². The number of carbonyl (C=O) groups excluding carboxylic acids is 12. The largest absolute Gasteiger partial charge is 0.269 e. The first kappa shape index (κ1) is 72.4. The Hall–Kier alpha value is -14.5. The van der Waals surface area contributed by atoms with Crippen LogP contribution >= 0.6 is 0 Å². The van der Waals surface area contributed by atoms with Gasteiger partial charge in [-0.25, -0.2) is 29.4 Å². The topological polar surface area (TPSA) is 224 Å². The highest BCUT2D eigenvalue weighted by molar-refractivity contribution is 6.32. The van der Waals surface area contributed by atoms with E-state index in [2.05, 4.69) is 79.7 Å². The fraction of sp³-hybridized carbons (Fsp3) is 0.0870. The number of benzene rings is 10. The van der Waals surface area contributed by atoms with Gasteiger partial charge >= 0.3 is 0 Å². The molecule has 0 radical (unpaired) electrons. The van der Waals surface area contributed by atoms with Crippen LogP contribution in [-0.2, 0) is 64.0 Å². The smallest absolute Gasteiger partial charge is 0.261 e. The van der Waals surface area contributed by atoms with E-state index in [-0.39, 0.29) is 88.6 Å². The molecule has 6 heterocycles. The standard InChI is InChI=1S/C35H26N2O4.C29H22N2O4.C28H20N2O4/c1-22-20-31(38)36(34(22)40)29-16-12-27(13-17-29)33(26-10-8-25(9-11-26)24-6-4-3-5-7-24)28-14-18-30(19-15-28)37-32(39)21-23(2)35(37)41;1-2-19-3-5-20(6-4-19)29(21-7-11-23(12-8-21)30-25(32)15-16-26(30)33)22-9-13-24(14-10-22)31-27(34)17-18-28(31)35;1-18-2-4-19(5-3-18)28(20-6-10-22(11-7-20)29-24(31)14-15-25(29)32)21-8-12-23(13-9-21)30-26(33)16-17-27(30)34/h3-21,33H,1-2H3;3-18,29H,2H2,1H3;2-17,28H,1H3. The summed E-state index contributed by atoms with van der Waals surface area (Å²) in [7, 11) is 0. The number of imide groups is 6. The molecule has 0 spiro atoms. The average molecular weight is 1450 g/mol. The molecule has 0 fully saturated rings. The predicted octanol–water partition coefficient (Wildman–Crippen LogP) is 14.5. The van der Waals surface area contributed by atoms with Crippen molar-refractivity contribution in [1.29, 1.82) is 0 Å². The van der Waals surface area contributed by atoms with Crippen molar-refractivity contribution in [3.8, 4) is 11.1 Å². The third-order valence-electron chi connectivity index (χ3n) is 19.8. The van der Waals surface area contributed by atoms with E-state index in [1.807, 2.05) is 110 Å². The lowest BCUT2D eigenvalue weighted by molar-refractivity contribution is -0.121.